The fourth-order valence-corrected chi connectivity index (χ4v) is 3.39. The number of aliphatic hydroxyl groups excluding tert-OH is 1. The molecule has 1 aromatic carbocycles. The molecule has 164 valence electrons. The van der Waals surface area contributed by atoms with Gasteiger partial charge in [-0.15, -0.1) is 5.10 Å². The molecule has 1 aliphatic heterocycles. The Hall–Kier alpha value is -2.65. The molecule has 2 aromatic rings. The standard InChI is InChI=1S/C21H32N6O3/c1-2-3-9-22-21(29)30-17-20(28)16-27-15-18(23-24-27)14-25-10-12-26(13-11-25)19-7-5-4-6-8-19/h4-8,15,20,28H,2-3,9-14,16-17H2,1H3,(H,22,29). The van der Waals surface area contributed by atoms with Crippen LogP contribution in [-0.2, 0) is 17.8 Å². The summed E-state index contributed by atoms with van der Waals surface area (Å²) in [5.74, 6) is 0. The molecule has 0 bridgehead atoms. The Morgan fingerprint density at radius 1 is 1.23 bits per heavy atom. The van der Waals surface area contributed by atoms with Crippen molar-refractivity contribution in [3.8, 4) is 0 Å². The third-order valence-electron chi connectivity index (χ3n) is 5.07. The Bertz CT molecular complexity index is 761. The molecular formula is C21H32N6O3. The number of hydrogen-bond acceptors (Lipinski definition) is 7. The summed E-state index contributed by atoms with van der Waals surface area (Å²) in [5, 5.41) is 21.0. The number of benzene rings is 1. The van der Waals surface area contributed by atoms with Gasteiger partial charge in [-0.05, 0) is 18.6 Å². The van der Waals surface area contributed by atoms with Crippen LogP contribution in [0.1, 0.15) is 25.5 Å². The first kappa shape index (κ1) is 22.0. The summed E-state index contributed by atoms with van der Waals surface area (Å²) in [5.41, 5.74) is 2.13. The van der Waals surface area contributed by atoms with Crippen molar-refractivity contribution in [3.63, 3.8) is 0 Å². The molecular weight excluding hydrogens is 384 g/mol. The second-order valence-corrected chi connectivity index (χ2v) is 7.56. The Morgan fingerprint density at radius 2 is 2.00 bits per heavy atom. The first-order chi connectivity index (χ1) is 14.6. The summed E-state index contributed by atoms with van der Waals surface area (Å²) >= 11 is 0. The lowest BCUT2D eigenvalue weighted by atomic mass is 10.2. The van der Waals surface area contributed by atoms with Crippen molar-refractivity contribution in [2.24, 2.45) is 0 Å². The maximum atomic E-state index is 11.5. The number of carbonyl (C=O) groups is 1. The molecule has 0 saturated carbocycles. The predicted octanol–water partition coefficient (Wildman–Crippen LogP) is 1.49. The number of para-hydroxylation sites is 1. The lowest BCUT2D eigenvalue weighted by molar-refractivity contribution is 0.0563. The molecule has 1 amide bonds. The number of alkyl carbamates (subject to hydrolysis) is 1. The van der Waals surface area contributed by atoms with Gasteiger partial charge >= 0.3 is 6.09 Å². The summed E-state index contributed by atoms with van der Waals surface area (Å²) in [6.45, 7) is 7.41. The molecule has 0 radical (unpaired) electrons. The van der Waals surface area contributed by atoms with Gasteiger partial charge in [0.15, 0.2) is 0 Å². The highest BCUT2D eigenvalue weighted by Crippen LogP contribution is 2.16. The van der Waals surface area contributed by atoms with Gasteiger partial charge in [-0.3, -0.25) is 4.90 Å². The molecule has 1 fully saturated rings. The molecule has 30 heavy (non-hydrogen) atoms. The third kappa shape index (κ3) is 7.00. The fraction of sp³-hybridized carbons (Fsp3) is 0.571. The first-order valence-electron chi connectivity index (χ1n) is 10.6. The molecule has 1 atom stereocenters. The second-order valence-electron chi connectivity index (χ2n) is 7.56. The minimum Gasteiger partial charge on any atom is -0.447 e. The van der Waals surface area contributed by atoms with Gasteiger partial charge in [-0.2, -0.15) is 0 Å². The number of unbranched alkanes of at least 4 members (excludes halogenated alkanes) is 1. The van der Waals surface area contributed by atoms with Crippen LogP contribution < -0.4 is 10.2 Å². The van der Waals surface area contributed by atoms with E-state index in [0.717, 1.165) is 51.3 Å². The van der Waals surface area contributed by atoms with E-state index in [0.29, 0.717) is 6.54 Å². The van der Waals surface area contributed by atoms with Crippen LogP contribution in [0.4, 0.5) is 10.5 Å². The number of amides is 1. The van der Waals surface area contributed by atoms with Crippen LogP contribution in [0.25, 0.3) is 0 Å². The van der Waals surface area contributed by atoms with Crippen LogP contribution in [-0.4, -0.2) is 76.5 Å². The molecule has 9 nitrogen and oxygen atoms in total. The molecule has 0 spiro atoms. The number of nitrogens with zero attached hydrogens (tertiary/aromatic N) is 5. The highest BCUT2D eigenvalue weighted by Gasteiger charge is 2.18. The number of hydrogen-bond donors (Lipinski definition) is 2. The molecule has 0 aliphatic carbocycles. The molecule has 1 aromatic heterocycles. The van der Waals surface area contributed by atoms with E-state index >= 15 is 0 Å². The monoisotopic (exact) mass is 416 g/mol. The number of ether oxygens (including phenoxy) is 1. The average Bonchev–Trinajstić information content (AvgIpc) is 3.20. The zero-order valence-corrected chi connectivity index (χ0v) is 17.6. The fourth-order valence-electron chi connectivity index (χ4n) is 3.39. The number of aromatic nitrogens is 3. The van der Waals surface area contributed by atoms with Crippen molar-refractivity contribution >= 4 is 11.8 Å². The minimum absolute atomic E-state index is 0.0748. The van der Waals surface area contributed by atoms with Crippen molar-refractivity contribution in [2.75, 3.05) is 44.2 Å². The largest absolute Gasteiger partial charge is 0.447 e. The van der Waals surface area contributed by atoms with Gasteiger partial charge in [0.05, 0.1) is 12.2 Å². The summed E-state index contributed by atoms with van der Waals surface area (Å²) in [6, 6.07) is 10.5. The van der Waals surface area contributed by atoms with E-state index in [-0.39, 0.29) is 13.2 Å². The molecule has 2 heterocycles. The summed E-state index contributed by atoms with van der Waals surface area (Å²) in [6.07, 6.45) is 2.41. The summed E-state index contributed by atoms with van der Waals surface area (Å²) in [7, 11) is 0. The maximum Gasteiger partial charge on any atom is 0.407 e. The SMILES string of the molecule is CCCCNC(=O)OCC(O)Cn1cc(CN2CCN(c3ccccc3)CC2)nn1. The number of nitrogens with one attached hydrogen (secondary N) is 1. The Morgan fingerprint density at radius 3 is 2.73 bits per heavy atom. The Balaban J connectivity index is 1.36. The smallest absolute Gasteiger partial charge is 0.407 e. The minimum atomic E-state index is -0.828. The normalized spacial score (nSPS) is 15.7. The summed E-state index contributed by atoms with van der Waals surface area (Å²) < 4.78 is 6.62. The van der Waals surface area contributed by atoms with Gasteiger partial charge in [0.25, 0.3) is 0 Å². The zero-order chi connectivity index (χ0) is 21.2. The van der Waals surface area contributed by atoms with E-state index in [9.17, 15) is 9.90 Å². The van der Waals surface area contributed by atoms with Crippen LogP contribution in [0, 0.1) is 0 Å². The predicted molar refractivity (Wildman–Crippen MR) is 114 cm³/mol. The third-order valence-corrected chi connectivity index (χ3v) is 5.07. The quantitative estimate of drug-likeness (QED) is 0.567. The summed E-state index contributed by atoms with van der Waals surface area (Å²) in [4.78, 5) is 16.3. The topological polar surface area (TPSA) is 95.8 Å². The highest BCUT2D eigenvalue weighted by molar-refractivity contribution is 5.67. The first-order valence-corrected chi connectivity index (χ1v) is 10.6. The van der Waals surface area contributed by atoms with Crippen molar-refractivity contribution in [2.45, 2.75) is 39.0 Å². The maximum absolute atomic E-state index is 11.5. The van der Waals surface area contributed by atoms with Gasteiger partial charge in [0, 0.05) is 51.2 Å². The average molecular weight is 417 g/mol. The van der Waals surface area contributed by atoms with Crippen molar-refractivity contribution in [3.05, 3.63) is 42.2 Å². The van der Waals surface area contributed by atoms with Crippen LogP contribution in [0.5, 0.6) is 0 Å². The van der Waals surface area contributed by atoms with Gasteiger partial charge in [-0.1, -0.05) is 36.8 Å². The Kier molecular flexibility index (Phi) is 8.46. The number of anilines is 1. The number of carbonyl (C=O) groups excluding carboxylic acids is 1. The van der Waals surface area contributed by atoms with E-state index in [1.165, 1.54) is 5.69 Å². The number of piperazine rings is 1. The van der Waals surface area contributed by atoms with Crippen LogP contribution >= 0.6 is 0 Å². The van der Waals surface area contributed by atoms with E-state index < -0.39 is 12.2 Å². The van der Waals surface area contributed by atoms with E-state index in [4.69, 9.17) is 4.74 Å². The van der Waals surface area contributed by atoms with Gasteiger partial charge < -0.3 is 20.1 Å². The van der Waals surface area contributed by atoms with E-state index in [1.54, 1.807) is 4.68 Å². The lowest BCUT2D eigenvalue weighted by Crippen LogP contribution is -2.46. The van der Waals surface area contributed by atoms with E-state index in [1.807, 2.05) is 19.2 Å². The van der Waals surface area contributed by atoms with Gasteiger partial charge in [-0.25, -0.2) is 9.48 Å². The van der Waals surface area contributed by atoms with Crippen LogP contribution in [0.3, 0.4) is 0 Å². The van der Waals surface area contributed by atoms with Crippen molar-refractivity contribution in [1.29, 1.82) is 0 Å². The molecule has 3 rings (SSSR count). The van der Waals surface area contributed by atoms with Gasteiger partial charge in [0.2, 0.25) is 0 Å². The molecule has 1 saturated heterocycles. The van der Waals surface area contributed by atoms with Gasteiger partial charge in [0.1, 0.15) is 12.7 Å². The molecule has 1 unspecified atom stereocenters. The van der Waals surface area contributed by atoms with Crippen molar-refractivity contribution < 1.29 is 14.6 Å². The molecule has 2 N–H and O–H groups in total. The second kappa shape index (κ2) is 11.5. The van der Waals surface area contributed by atoms with Crippen LogP contribution in [0.15, 0.2) is 36.5 Å². The Labute approximate surface area is 177 Å². The molecule has 9 heteroatoms. The van der Waals surface area contributed by atoms with Crippen LogP contribution in [0.2, 0.25) is 0 Å². The van der Waals surface area contributed by atoms with E-state index in [2.05, 4.69) is 49.7 Å². The number of aliphatic hydroxyl groups is 1. The zero-order valence-electron chi connectivity index (χ0n) is 17.6. The number of rotatable bonds is 10. The lowest BCUT2D eigenvalue weighted by Gasteiger charge is -2.35. The van der Waals surface area contributed by atoms with Crippen molar-refractivity contribution in [1.82, 2.24) is 25.2 Å². The molecule has 1 aliphatic rings. The highest BCUT2D eigenvalue weighted by atomic mass is 16.6.